The number of para-hydroxylation sites is 1. The molecular weight excluding hydrogens is 334 g/mol. The number of anilines is 1. The molecule has 0 atom stereocenters. The topological polar surface area (TPSA) is 63.9 Å². The average molecular weight is 349 g/mol. The van der Waals surface area contributed by atoms with E-state index in [4.69, 9.17) is 0 Å². The van der Waals surface area contributed by atoms with Crippen LogP contribution >= 0.6 is 11.3 Å². The van der Waals surface area contributed by atoms with E-state index < -0.39 is 0 Å². The lowest BCUT2D eigenvalue weighted by molar-refractivity contribution is 0.0993. The van der Waals surface area contributed by atoms with E-state index in [0.29, 0.717) is 17.2 Å². The number of thiazole rings is 1. The number of rotatable bonds is 4. The number of aromatic nitrogens is 4. The molecule has 0 saturated heterocycles. The van der Waals surface area contributed by atoms with Crippen molar-refractivity contribution >= 4 is 32.6 Å². The summed E-state index contributed by atoms with van der Waals surface area (Å²) in [5, 5.41) is 4.77. The Morgan fingerprint density at radius 3 is 2.68 bits per heavy atom. The van der Waals surface area contributed by atoms with E-state index >= 15 is 0 Å². The monoisotopic (exact) mass is 349 g/mol. The molecule has 4 rings (SSSR count). The lowest BCUT2D eigenvalue weighted by Crippen LogP contribution is -2.26. The van der Waals surface area contributed by atoms with Crippen molar-refractivity contribution in [1.82, 2.24) is 19.7 Å². The fraction of sp³-hybridized carbons (Fsp3) is 0.111. The molecule has 2 aromatic heterocycles. The summed E-state index contributed by atoms with van der Waals surface area (Å²) in [7, 11) is 1.75. The molecule has 0 N–H and O–H groups in total. The zero-order valence-electron chi connectivity index (χ0n) is 13.5. The predicted octanol–water partition coefficient (Wildman–Crippen LogP) is 3.21. The number of carbonyl (C=O) groups is 1. The van der Waals surface area contributed by atoms with Gasteiger partial charge in [0.2, 0.25) is 0 Å². The first kappa shape index (κ1) is 15.5. The van der Waals surface area contributed by atoms with Crippen LogP contribution in [-0.2, 0) is 6.54 Å². The Morgan fingerprint density at radius 1 is 1.16 bits per heavy atom. The van der Waals surface area contributed by atoms with Gasteiger partial charge in [-0.3, -0.25) is 9.69 Å². The molecule has 1 amide bonds. The Balaban J connectivity index is 1.53. The standard InChI is InChI=1S/C18H15N5OS/c1-22(18-21-15-4-2-3-5-16(15)25-18)17(24)14-8-6-13(7-9-14)10-23-12-19-11-20-23/h2-9,11-12H,10H2,1H3. The van der Waals surface area contributed by atoms with Gasteiger partial charge in [0.05, 0.1) is 16.8 Å². The number of nitrogens with zero attached hydrogens (tertiary/aromatic N) is 5. The van der Waals surface area contributed by atoms with Crippen LogP contribution in [-0.4, -0.2) is 32.7 Å². The van der Waals surface area contributed by atoms with E-state index in [0.717, 1.165) is 15.8 Å². The molecule has 7 heteroatoms. The summed E-state index contributed by atoms with van der Waals surface area (Å²) in [6.45, 7) is 0.627. The lowest BCUT2D eigenvalue weighted by atomic mass is 10.1. The molecule has 2 heterocycles. The maximum Gasteiger partial charge on any atom is 0.259 e. The van der Waals surface area contributed by atoms with Crippen molar-refractivity contribution in [3.63, 3.8) is 0 Å². The van der Waals surface area contributed by atoms with Gasteiger partial charge >= 0.3 is 0 Å². The summed E-state index contributed by atoms with van der Waals surface area (Å²) in [6, 6.07) is 15.4. The zero-order chi connectivity index (χ0) is 17.2. The second-order valence-corrected chi connectivity index (χ2v) is 6.63. The van der Waals surface area contributed by atoms with Crippen LogP contribution in [0.15, 0.2) is 61.2 Å². The molecular formula is C18H15N5OS. The maximum atomic E-state index is 12.7. The highest BCUT2D eigenvalue weighted by Crippen LogP contribution is 2.28. The number of carbonyl (C=O) groups excluding carboxylic acids is 1. The molecule has 6 nitrogen and oxygen atoms in total. The molecule has 0 bridgehead atoms. The number of benzene rings is 2. The molecule has 0 radical (unpaired) electrons. The van der Waals surface area contributed by atoms with Crippen LogP contribution in [0.25, 0.3) is 10.2 Å². The van der Waals surface area contributed by atoms with Gasteiger partial charge in [-0.25, -0.2) is 14.6 Å². The van der Waals surface area contributed by atoms with Crippen molar-refractivity contribution < 1.29 is 4.79 Å². The summed E-state index contributed by atoms with van der Waals surface area (Å²) < 4.78 is 2.81. The first-order valence-electron chi connectivity index (χ1n) is 7.76. The highest BCUT2D eigenvalue weighted by atomic mass is 32.1. The minimum absolute atomic E-state index is 0.0774. The van der Waals surface area contributed by atoms with E-state index in [2.05, 4.69) is 15.1 Å². The SMILES string of the molecule is CN(C(=O)c1ccc(Cn2cncn2)cc1)c1nc2ccccc2s1. The van der Waals surface area contributed by atoms with E-state index in [1.807, 2.05) is 48.5 Å². The lowest BCUT2D eigenvalue weighted by Gasteiger charge is -2.14. The van der Waals surface area contributed by atoms with Crippen molar-refractivity contribution in [2.45, 2.75) is 6.54 Å². The minimum atomic E-state index is -0.0774. The Bertz CT molecular complexity index is 975. The van der Waals surface area contributed by atoms with Crippen LogP contribution in [0.2, 0.25) is 0 Å². The molecule has 0 spiro atoms. The molecule has 4 aromatic rings. The first-order chi connectivity index (χ1) is 12.2. The Labute approximate surface area is 148 Å². The molecule has 0 saturated carbocycles. The zero-order valence-corrected chi connectivity index (χ0v) is 14.3. The molecule has 0 aliphatic carbocycles. The summed E-state index contributed by atoms with van der Waals surface area (Å²) in [4.78, 5) is 22.8. The van der Waals surface area contributed by atoms with Gasteiger partial charge < -0.3 is 0 Å². The fourth-order valence-electron chi connectivity index (χ4n) is 2.54. The summed E-state index contributed by atoms with van der Waals surface area (Å²) >= 11 is 1.51. The first-order valence-corrected chi connectivity index (χ1v) is 8.57. The second-order valence-electron chi connectivity index (χ2n) is 5.62. The van der Waals surface area contributed by atoms with Crippen LogP contribution in [0, 0.1) is 0 Å². The number of amides is 1. The van der Waals surface area contributed by atoms with Gasteiger partial charge in [-0.15, -0.1) is 0 Å². The third kappa shape index (κ3) is 3.14. The van der Waals surface area contributed by atoms with Crippen molar-refractivity contribution in [3.05, 3.63) is 72.3 Å². The van der Waals surface area contributed by atoms with Crippen LogP contribution in [0.4, 0.5) is 5.13 Å². The van der Waals surface area contributed by atoms with Crippen molar-refractivity contribution in [2.24, 2.45) is 0 Å². The Morgan fingerprint density at radius 2 is 1.96 bits per heavy atom. The van der Waals surface area contributed by atoms with Crippen molar-refractivity contribution in [2.75, 3.05) is 11.9 Å². The molecule has 0 aliphatic heterocycles. The molecule has 0 unspecified atom stereocenters. The van der Waals surface area contributed by atoms with Gasteiger partial charge in [0.15, 0.2) is 5.13 Å². The van der Waals surface area contributed by atoms with Crippen LogP contribution in [0.3, 0.4) is 0 Å². The van der Waals surface area contributed by atoms with Gasteiger partial charge in [0, 0.05) is 12.6 Å². The molecule has 0 aliphatic rings. The van der Waals surface area contributed by atoms with Gasteiger partial charge in [-0.1, -0.05) is 35.6 Å². The molecule has 2 aromatic carbocycles. The molecule has 0 fully saturated rings. The highest BCUT2D eigenvalue weighted by Gasteiger charge is 2.17. The van der Waals surface area contributed by atoms with Crippen LogP contribution in [0.5, 0.6) is 0 Å². The quantitative estimate of drug-likeness (QED) is 0.567. The van der Waals surface area contributed by atoms with Gasteiger partial charge in [-0.2, -0.15) is 5.10 Å². The van der Waals surface area contributed by atoms with E-state index in [9.17, 15) is 4.79 Å². The van der Waals surface area contributed by atoms with Crippen molar-refractivity contribution in [1.29, 1.82) is 0 Å². The Hall–Kier alpha value is -3.06. The van der Waals surface area contributed by atoms with Gasteiger partial charge in [-0.05, 0) is 29.8 Å². The Kier molecular flexibility index (Phi) is 3.99. The summed E-state index contributed by atoms with van der Waals surface area (Å²) in [6.07, 6.45) is 3.17. The van der Waals surface area contributed by atoms with Crippen molar-refractivity contribution in [3.8, 4) is 0 Å². The minimum Gasteiger partial charge on any atom is -0.287 e. The number of fused-ring (bicyclic) bond motifs is 1. The fourth-order valence-corrected chi connectivity index (χ4v) is 3.46. The third-order valence-electron chi connectivity index (χ3n) is 3.89. The van der Waals surface area contributed by atoms with E-state index in [1.165, 1.54) is 17.7 Å². The summed E-state index contributed by atoms with van der Waals surface area (Å²) in [5.41, 5.74) is 2.60. The van der Waals surface area contributed by atoms with Gasteiger partial charge in [0.25, 0.3) is 5.91 Å². The van der Waals surface area contributed by atoms with Crippen LogP contribution < -0.4 is 4.90 Å². The average Bonchev–Trinajstić information content (AvgIpc) is 3.30. The maximum absolute atomic E-state index is 12.7. The van der Waals surface area contributed by atoms with E-state index in [1.54, 1.807) is 23.0 Å². The predicted molar refractivity (Wildman–Crippen MR) is 97.9 cm³/mol. The highest BCUT2D eigenvalue weighted by molar-refractivity contribution is 7.22. The van der Waals surface area contributed by atoms with E-state index in [-0.39, 0.29) is 5.91 Å². The number of hydrogen-bond donors (Lipinski definition) is 0. The van der Waals surface area contributed by atoms with Gasteiger partial charge in [0.1, 0.15) is 12.7 Å². The normalized spacial score (nSPS) is 10.9. The smallest absolute Gasteiger partial charge is 0.259 e. The molecule has 124 valence electrons. The second kappa shape index (κ2) is 6.45. The number of hydrogen-bond acceptors (Lipinski definition) is 5. The largest absolute Gasteiger partial charge is 0.287 e. The van der Waals surface area contributed by atoms with Crippen LogP contribution in [0.1, 0.15) is 15.9 Å². The molecule has 25 heavy (non-hydrogen) atoms. The summed E-state index contributed by atoms with van der Waals surface area (Å²) in [5.74, 6) is -0.0774. The third-order valence-corrected chi connectivity index (χ3v) is 5.00.